The van der Waals surface area contributed by atoms with E-state index in [0.717, 1.165) is 41.1 Å². The summed E-state index contributed by atoms with van der Waals surface area (Å²) in [4.78, 5) is 4.55. The van der Waals surface area contributed by atoms with Crippen LogP contribution in [0.1, 0.15) is 49.8 Å². The lowest BCUT2D eigenvalue weighted by atomic mass is 9.75. The number of hydrogen-bond acceptors (Lipinski definition) is 1. The summed E-state index contributed by atoms with van der Waals surface area (Å²) in [6, 6.07) is 15.2. The van der Waals surface area contributed by atoms with Gasteiger partial charge in [-0.15, -0.1) is 0 Å². The molecule has 2 aromatic carbocycles. The van der Waals surface area contributed by atoms with Gasteiger partial charge in [-0.1, -0.05) is 56.8 Å². The minimum atomic E-state index is -0.207. The van der Waals surface area contributed by atoms with Crippen molar-refractivity contribution in [2.24, 2.45) is 10.9 Å². The molecule has 0 saturated carbocycles. The molecule has 0 aromatic heterocycles. The molecule has 140 valence electrons. The Labute approximate surface area is 161 Å². The molecule has 0 spiro atoms. The smallest absolute Gasteiger partial charge is 0.123 e. The Morgan fingerprint density at radius 2 is 1.93 bits per heavy atom. The largest absolute Gasteiger partial charge is 0.350 e. The van der Waals surface area contributed by atoms with Crippen molar-refractivity contribution in [2.45, 2.75) is 33.1 Å². The lowest BCUT2D eigenvalue weighted by Gasteiger charge is -2.29. The number of hydrogen-bond donors (Lipinski definition) is 1. The minimum absolute atomic E-state index is 0.188. The zero-order valence-corrected chi connectivity index (χ0v) is 16.3. The highest BCUT2D eigenvalue weighted by molar-refractivity contribution is 5.85. The minimum Gasteiger partial charge on any atom is -0.350 e. The Bertz CT molecular complexity index is 876. The number of nitrogens with zero attached hydrogens (tertiary/aromatic N) is 1. The molecule has 0 heterocycles. The maximum atomic E-state index is 13.4. The Kier molecular flexibility index (Phi) is 5.90. The van der Waals surface area contributed by atoms with E-state index in [9.17, 15) is 4.39 Å². The molecule has 3 heteroatoms. The van der Waals surface area contributed by atoms with Crippen LogP contribution >= 0.6 is 0 Å². The molecule has 1 atom stereocenters. The Hall–Kier alpha value is -2.68. The number of rotatable bonds is 4. The molecule has 0 amide bonds. The van der Waals surface area contributed by atoms with Gasteiger partial charge in [0.1, 0.15) is 5.82 Å². The van der Waals surface area contributed by atoms with E-state index in [1.54, 1.807) is 0 Å². The first-order valence-electron chi connectivity index (χ1n) is 9.46. The summed E-state index contributed by atoms with van der Waals surface area (Å²) in [5.41, 5.74) is 5.71. The zero-order chi connectivity index (χ0) is 19.4. The molecule has 27 heavy (non-hydrogen) atoms. The van der Waals surface area contributed by atoms with Gasteiger partial charge in [0.05, 0.1) is 5.84 Å². The summed E-state index contributed by atoms with van der Waals surface area (Å²) in [6.07, 6.45) is 2.85. The number of aliphatic imine (C=N–C) groups is 1. The molecule has 3 rings (SSSR count). The van der Waals surface area contributed by atoms with Gasteiger partial charge in [0.2, 0.25) is 0 Å². The number of nitrogens with one attached hydrogen (secondary N) is 1. The standard InChI is InChI=1S/C24H27FN2/c1-16(2)14-26-18(4)27-15-20-13-24(19-9-11-21(25)12-10-19)23-8-6-5-7-22(23)17(20)3/h5-12,15-16,24H,3,13-14H2,1-2,4H3,(H,26,27)/b20-15-. The number of benzene rings is 2. The normalized spacial score (nSPS) is 18.7. The van der Waals surface area contributed by atoms with Crippen molar-refractivity contribution in [3.8, 4) is 0 Å². The van der Waals surface area contributed by atoms with E-state index in [0.29, 0.717) is 5.92 Å². The maximum absolute atomic E-state index is 13.4. The molecular formula is C24H27FN2. The van der Waals surface area contributed by atoms with E-state index < -0.39 is 0 Å². The zero-order valence-electron chi connectivity index (χ0n) is 16.3. The molecule has 0 radical (unpaired) electrons. The Balaban J connectivity index is 1.91. The van der Waals surface area contributed by atoms with E-state index in [1.807, 2.05) is 31.3 Å². The fourth-order valence-corrected chi connectivity index (χ4v) is 3.40. The van der Waals surface area contributed by atoms with Crippen molar-refractivity contribution in [3.05, 3.63) is 89.4 Å². The van der Waals surface area contributed by atoms with Crippen LogP contribution in [0, 0.1) is 11.7 Å². The molecule has 2 aromatic rings. The highest BCUT2D eigenvalue weighted by Crippen LogP contribution is 2.43. The van der Waals surface area contributed by atoms with Crippen LogP contribution in [-0.2, 0) is 0 Å². The van der Waals surface area contributed by atoms with Gasteiger partial charge in [-0.05, 0) is 59.2 Å². The number of fused-ring (bicyclic) bond motifs is 1. The van der Waals surface area contributed by atoms with Gasteiger partial charge in [0.25, 0.3) is 0 Å². The van der Waals surface area contributed by atoms with Crippen molar-refractivity contribution in [3.63, 3.8) is 0 Å². The average molecular weight is 362 g/mol. The fraction of sp³-hybridized carbons (Fsp3) is 0.292. The second kappa shape index (κ2) is 8.34. The van der Waals surface area contributed by atoms with Gasteiger partial charge < -0.3 is 5.32 Å². The quantitative estimate of drug-likeness (QED) is 0.530. The third-order valence-electron chi connectivity index (χ3n) is 4.89. The summed E-state index contributed by atoms with van der Waals surface area (Å²) in [5, 5.41) is 3.32. The van der Waals surface area contributed by atoms with Crippen LogP contribution < -0.4 is 5.32 Å². The van der Waals surface area contributed by atoms with Crippen molar-refractivity contribution >= 4 is 11.4 Å². The average Bonchev–Trinajstić information content (AvgIpc) is 2.67. The molecule has 0 aliphatic heterocycles. The molecule has 2 nitrogen and oxygen atoms in total. The lowest BCUT2D eigenvalue weighted by molar-refractivity contribution is 0.626. The van der Waals surface area contributed by atoms with Crippen LogP contribution in [0.4, 0.5) is 4.39 Å². The summed E-state index contributed by atoms with van der Waals surface area (Å²) in [6.45, 7) is 11.4. The molecular weight excluding hydrogens is 335 g/mol. The summed E-state index contributed by atoms with van der Waals surface area (Å²) in [7, 11) is 0. The number of halogens is 1. The van der Waals surface area contributed by atoms with Gasteiger partial charge >= 0.3 is 0 Å². The highest BCUT2D eigenvalue weighted by Gasteiger charge is 2.26. The second-order valence-corrected chi connectivity index (χ2v) is 7.51. The first-order valence-corrected chi connectivity index (χ1v) is 9.46. The lowest BCUT2D eigenvalue weighted by Crippen LogP contribution is -2.18. The SMILES string of the molecule is C=C1/C(=C\NC(C)=NCC(C)C)CC(c2ccc(F)cc2)c2ccccc21. The van der Waals surface area contributed by atoms with Gasteiger partial charge in [0.15, 0.2) is 0 Å². The van der Waals surface area contributed by atoms with Crippen molar-refractivity contribution in [2.75, 3.05) is 6.54 Å². The van der Waals surface area contributed by atoms with Crippen LogP contribution in [0.25, 0.3) is 5.57 Å². The third kappa shape index (κ3) is 4.54. The van der Waals surface area contributed by atoms with Crippen molar-refractivity contribution in [1.29, 1.82) is 0 Å². The van der Waals surface area contributed by atoms with E-state index in [4.69, 9.17) is 0 Å². The second-order valence-electron chi connectivity index (χ2n) is 7.51. The molecule has 0 saturated heterocycles. The van der Waals surface area contributed by atoms with Crippen LogP contribution in [0.5, 0.6) is 0 Å². The van der Waals surface area contributed by atoms with E-state index in [2.05, 4.69) is 48.9 Å². The molecule has 1 unspecified atom stereocenters. The number of allylic oxidation sites excluding steroid dienone is 2. The number of amidine groups is 1. The molecule has 0 fully saturated rings. The van der Waals surface area contributed by atoms with Crippen LogP contribution in [0.3, 0.4) is 0 Å². The van der Waals surface area contributed by atoms with Crippen LogP contribution in [-0.4, -0.2) is 12.4 Å². The van der Waals surface area contributed by atoms with Crippen LogP contribution in [0.15, 0.2) is 71.9 Å². The predicted molar refractivity (Wildman–Crippen MR) is 112 cm³/mol. The first kappa shape index (κ1) is 19.1. The van der Waals surface area contributed by atoms with E-state index >= 15 is 0 Å². The van der Waals surface area contributed by atoms with Crippen molar-refractivity contribution in [1.82, 2.24) is 5.32 Å². The predicted octanol–water partition coefficient (Wildman–Crippen LogP) is 5.92. The Morgan fingerprint density at radius 3 is 2.63 bits per heavy atom. The highest BCUT2D eigenvalue weighted by atomic mass is 19.1. The van der Waals surface area contributed by atoms with Crippen molar-refractivity contribution < 1.29 is 4.39 Å². The van der Waals surface area contributed by atoms with Gasteiger partial charge in [-0.3, -0.25) is 4.99 Å². The maximum Gasteiger partial charge on any atom is 0.123 e. The van der Waals surface area contributed by atoms with Crippen LogP contribution in [0.2, 0.25) is 0 Å². The Morgan fingerprint density at radius 1 is 1.22 bits per heavy atom. The van der Waals surface area contributed by atoms with E-state index in [1.165, 1.54) is 17.7 Å². The monoisotopic (exact) mass is 362 g/mol. The fourth-order valence-electron chi connectivity index (χ4n) is 3.40. The topological polar surface area (TPSA) is 24.4 Å². The molecule has 1 N–H and O–H groups in total. The van der Waals surface area contributed by atoms with Gasteiger partial charge in [-0.25, -0.2) is 4.39 Å². The summed E-state index contributed by atoms with van der Waals surface area (Å²) in [5.74, 6) is 1.42. The molecule has 0 bridgehead atoms. The third-order valence-corrected chi connectivity index (χ3v) is 4.89. The van der Waals surface area contributed by atoms with Gasteiger partial charge in [0, 0.05) is 18.7 Å². The van der Waals surface area contributed by atoms with Gasteiger partial charge in [-0.2, -0.15) is 0 Å². The van der Waals surface area contributed by atoms with E-state index in [-0.39, 0.29) is 11.7 Å². The summed E-state index contributed by atoms with van der Waals surface area (Å²) >= 11 is 0. The first-order chi connectivity index (χ1) is 13.0. The summed E-state index contributed by atoms with van der Waals surface area (Å²) < 4.78 is 13.4. The molecule has 1 aliphatic rings. The molecule has 1 aliphatic carbocycles.